The highest BCUT2D eigenvalue weighted by Crippen LogP contribution is 2.38. The average molecular weight is 335 g/mol. The number of rotatable bonds is 3. The van der Waals surface area contributed by atoms with Crippen molar-refractivity contribution >= 4 is 33.8 Å². The zero-order valence-corrected chi connectivity index (χ0v) is 13.9. The number of carbonyl (C=O) groups excluding carboxylic acids is 1. The number of amides is 1. The van der Waals surface area contributed by atoms with Gasteiger partial charge >= 0.3 is 0 Å². The lowest BCUT2D eigenvalue weighted by Gasteiger charge is -2.06. The third kappa shape index (κ3) is 2.51. The van der Waals surface area contributed by atoms with Crippen molar-refractivity contribution < 1.29 is 4.79 Å². The first-order chi connectivity index (χ1) is 10.5. The Kier molecular flexibility index (Phi) is 3.94. The number of aryl methyl sites for hydroxylation is 2. The Morgan fingerprint density at radius 1 is 1.50 bits per heavy atom. The molecule has 1 N–H and O–H groups in total. The quantitative estimate of drug-likeness (QED) is 0.936. The standard InChI is InChI=1S/C15H15ClN4OS/c1-8-14(16)9(2)20(19-8)7-13(21)18-15-11(6-17)10-4-3-5-12(10)22-15/h3-5,7H2,1-2H3,(H,18,21). The molecule has 2 aromatic rings. The van der Waals surface area contributed by atoms with Crippen molar-refractivity contribution in [3.05, 3.63) is 32.4 Å². The Morgan fingerprint density at radius 2 is 2.27 bits per heavy atom. The van der Waals surface area contributed by atoms with Crippen LogP contribution in [0.25, 0.3) is 0 Å². The second-order valence-electron chi connectivity index (χ2n) is 5.36. The summed E-state index contributed by atoms with van der Waals surface area (Å²) in [5, 5.41) is 17.7. The van der Waals surface area contributed by atoms with Gasteiger partial charge in [-0.05, 0) is 38.7 Å². The van der Waals surface area contributed by atoms with Gasteiger partial charge in [-0.1, -0.05) is 11.6 Å². The van der Waals surface area contributed by atoms with Gasteiger partial charge in [-0.25, -0.2) is 0 Å². The van der Waals surface area contributed by atoms with Gasteiger partial charge < -0.3 is 5.32 Å². The van der Waals surface area contributed by atoms with E-state index in [1.165, 1.54) is 16.2 Å². The van der Waals surface area contributed by atoms with Crippen molar-refractivity contribution in [2.24, 2.45) is 0 Å². The molecule has 0 aromatic carbocycles. The first-order valence-electron chi connectivity index (χ1n) is 7.05. The highest BCUT2D eigenvalue weighted by molar-refractivity contribution is 7.16. The number of anilines is 1. The molecule has 1 aliphatic carbocycles. The lowest BCUT2D eigenvalue weighted by atomic mass is 10.1. The number of aromatic nitrogens is 2. The fraction of sp³-hybridized carbons (Fsp3) is 0.400. The Morgan fingerprint density at radius 3 is 2.91 bits per heavy atom. The smallest absolute Gasteiger partial charge is 0.246 e. The molecule has 0 bridgehead atoms. The summed E-state index contributed by atoms with van der Waals surface area (Å²) in [6, 6.07) is 2.22. The van der Waals surface area contributed by atoms with Gasteiger partial charge in [0.25, 0.3) is 0 Å². The molecule has 0 aliphatic heterocycles. The molecule has 2 aromatic heterocycles. The fourth-order valence-electron chi connectivity index (χ4n) is 2.74. The van der Waals surface area contributed by atoms with Crippen LogP contribution in [0.2, 0.25) is 5.02 Å². The number of thiophene rings is 1. The van der Waals surface area contributed by atoms with Crippen molar-refractivity contribution in [2.75, 3.05) is 5.32 Å². The van der Waals surface area contributed by atoms with E-state index >= 15 is 0 Å². The number of hydrogen-bond acceptors (Lipinski definition) is 4. The number of hydrogen-bond donors (Lipinski definition) is 1. The minimum absolute atomic E-state index is 0.0901. The Hall–Kier alpha value is -1.84. The maximum Gasteiger partial charge on any atom is 0.246 e. The van der Waals surface area contributed by atoms with Crippen LogP contribution in [0.1, 0.15) is 33.8 Å². The molecule has 1 amide bonds. The summed E-state index contributed by atoms with van der Waals surface area (Å²) in [5.74, 6) is -0.196. The topological polar surface area (TPSA) is 70.7 Å². The molecule has 0 saturated carbocycles. The molecule has 114 valence electrons. The summed E-state index contributed by atoms with van der Waals surface area (Å²) in [6.07, 6.45) is 3.02. The number of fused-ring (bicyclic) bond motifs is 1. The fourth-order valence-corrected chi connectivity index (χ4v) is 4.13. The van der Waals surface area contributed by atoms with E-state index in [0.29, 0.717) is 21.3 Å². The van der Waals surface area contributed by atoms with E-state index in [9.17, 15) is 10.1 Å². The molecular formula is C15H15ClN4OS. The monoisotopic (exact) mass is 334 g/mol. The van der Waals surface area contributed by atoms with Crippen molar-refractivity contribution in [1.29, 1.82) is 5.26 Å². The molecule has 0 atom stereocenters. The van der Waals surface area contributed by atoms with Crippen molar-refractivity contribution in [3.8, 4) is 6.07 Å². The van der Waals surface area contributed by atoms with Crippen LogP contribution < -0.4 is 5.32 Å². The van der Waals surface area contributed by atoms with Gasteiger partial charge in [0.05, 0.1) is 22.0 Å². The van der Waals surface area contributed by atoms with Crippen LogP contribution >= 0.6 is 22.9 Å². The van der Waals surface area contributed by atoms with Gasteiger partial charge in [0.2, 0.25) is 5.91 Å². The van der Waals surface area contributed by atoms with Gasteiger partial charge in [0.1, 0.15) is 17.6 Å². The van der Waals surface area contributed by atoms with Crippen molar-refractivity contribution in [1.82, 2.24) is 9.78 Å². The van der Waals surface area contributed by atoms with Crippen LogP contribution in [0.4, 0.5) is 5.00 Å². The maximum atomic E-state index is 12.2. The average Bonchev–Trinajstić information content (AvgIpc) is 3.10. The second kappa shape index (κ2) is 5.75. The molecule has 0 radical (unpaired) electrons. The molecule has 7 heteroatoms. The largest absolute Gasteiger partial charge is 0.315 e. The summed E-state index contributed by atoms with van der Waals surface area (Å²) in [6.45, 7) is 3.73. The van der Waals surface area contributed by atoms with Crippen LogP contribution in [0.15, 0.2) is 0 Å². The van der Waals surface area contributed by atoms with Gasteiger partial charge in [-0.15, -0.1) is 11.3 Å². The molecule has 0 spiro atoms. The molecule has 3 rings (SSSR count). The number of nitriles is 1. The van der Waals surface area contributed by atoms with E-state index in [-0.39, 0.29) is 12.5 Å². The number of nitrogens with zero attached hydrogens (tertiary/aromatic N) is 3. The van der Waals surface area contributed by atoms with E-state index in [0.717, 1.165) is 30.5 Å². The first kappa shape index (κ1) is 15.1. The zero-order chi connectivity index (χ0) is 15.9. The number of carbonyl (C=O) groups is 1. The predicted octanol–water partition coefficient (Wildman–Crippen LogP) is 3.21. The predicted molar refractivity (Wildman–Crippen MR) is 86.4 cm³/mol. The lowest BCUT2D eigenvalue weighted by Crippen LogP contribution is -2.20. The summed E-state index contributed by atoms with van der Waals surface area (Å²) in [5.41, 5.74) is 3.21. The highest BCUT2D eigenvalue weighted by Gasteiger charge is 2.23. The van der Waals surface area contributed by atoms with Gasteiger partial charge in [-0.2, -0.15) is 10.4 Å². The van der Waals surface area contributed by atoms with Crippen LogP contribution in [0.3, 0.4) is 0 Å². The summed E-state index contributed by atoms with van der Waals surface area (Å²) < 4.78 is 1.58. The maximum absolute atomic E-state index is 12.2. The summed E-state index contributed by atoms with van der Waals surface area (Å²) in [4.78, 5) is 13.5. The molecule has 5 nitrogen and oxygen atoms in total. The highest BCUT2D eigenvalue weighted by atomic mass is 35.5. The van der Waals surface area contributed by atoms with Crippen LogP contribution in [0, 0.1) is 25.2 Å². The van der Waals surface area contributed by atoms with Gasteiger partial charge in [0, 0.05) is 4.88 Å². The molecule has 22 heavy (non-hydrogen) atoms. The lowest BCUT2D eigenvalue weighted by molar-refractivity contribution is -0.116. The SMILES string of the molecule is Cc1nn(CC(=O)Nc2sc3c(c2C#N)CCC3)c(C)c1Cl. The minimum Gasteiger partial charge on any atom is -0.315 e. The van der Waals surface area contributed by atoms with Crippen LogP contribution in [-0.2, 0) is 24.2 Å². The summed E-state index contributed by atoms with van der Waals surface area (Å²) >= 11 is 7.60. The number of nitrogens with one attached hydrogen (secondary N) is 1. The van der Waals surface area contributed by atoms with Crippen molar-refractivity contribution in [3.63, 3.8) is 0 Å². The van der Waals surface area contributed by atoms with E-state index < -0.39 is 0 Å². The minimum atomic E-state index is -0.196. The molecule has 1 aliphatic rings. The van der Waals surface area contributed by atoms with Crippen LogP contribution in [0.5, 0.6) is 0 Å². The van der Waals surface area contributed by atoms with Gasteiger partial charge in [0.15, 0.2) is 0 Å². The van der Waals surface area contributed by atoms with E-state index in [2.05, 4.69) is 16.5 Å². The van der Waals surface area contributed by atoms with Gasteiger partial charge in [-0.3, -0.25) is 9.48 Å². The van der Waals surface area contributed by atoms with Crippen LogP contribution in [-0.4, -0.2) is 15.7 Å². The Bertz CT molecular complexity index is 800. The Balaban J connectivity index is 1.78. The molecular weight excluding hydrogens is 320 g/mol. The molecule has 0 unspecified atom stereocenters. The third-order valence-corrected chi connectivity index (χ3v) is 5.63. The second-order valence-corrected chi connectivity index (χ2v) is 6.85. The zero-order valence-electron chi connectivity index (χ0n) is 12.4. The normalized spacial score (nSPS) is 13.0. The summed E-state index contributed by atoms with van der Waals surface area (Å²) in [7, 11) is 0. The first-order valence-corrected chi connectivity index (χ1v) is 8.24. The molecule has 0 fully saturated rings. The van der Waals surface area contributed by atoms with Crippen molar-refractivity contribution in [2.45, 2.75) is 39.7 Å². The van der Waals surface area contributed by atoms with E-state index in [1.54, 1.807) is 11.6 Å². The third-order valence-electron chi connectivity index (χ3n) is 3.87. The molecule has 2 heterocycles. The van der Waals surface area contributed by atoms with E-state index in [4.69, 9.17) is 11.6 Å². The Labute approximate surface area is 137 Å². The van der Waals surface area contributed by atoms with E-state index in [1.807, 2.05) is 6.92 Å². The molecule has 0 saturated heterocycles. The number of halogens is 1.